The van der Waals surface area contributed by atoms with Crippen LogP contribution in [0.2, 0.25) is 0 Å². The summed E-state index contributed by atoms with van der Waals surface area (Å²) < 4.78 is 0. The van der Waals surface area contributed by atoms with Crippen molar-refractivity contribution in [1.29, 1.82) is 5.26 Å². The fourth-order valence-electron chi connectivity index (χ4n) is 0.538. The van der Waals surface area contributed by atoms with Crippen LogP contribution in [0.4, 0.5) is 0 Å². The molecule has 0 saturated carbocycles. The summed E-state index contributed by atoms with van der Waals surface area (Å²) in [6.07, 6.45) is 1.56. The molecule has 0 bridgehead atoms. The van der Waals surface area contributed by atoms with Gasteiger partial charge in [0.2, 0.25) is 5.91 Å². The molecule has 1 amide bonds. The summed E-state index contributed by atoms with van der Waals surface area (Å²) in [4.78, 5) is 10.9. The molecule has 0 spiro atoms. The van der Waals surface area contributed by atoms with E-state index in [1.165, 1.54) is 0 Å². The van der Waals surface area contributed by atoms with Gasteiger partial charge in [-0.15, -0.1) is 0 Å². The largest absolute Gasteiger partial charge is 0.391 e. The van der Waals surface area contributed by atoms with E-state index < -0.39 is 0 Å². The van der Waals surface area contributed by atoms with Crippen LogP contribution < -0.4 is 10.6 Å². The van der Waals surface area contributed by atoms with E-state index in [-0.39, 0.29) is 11.8 Å². The summed E-state index contributed by atoms with van der Waals surface area (Å²) in [5, 5.41) is 12.9. The second-order valence-electron chi connectivity index (χ2n) is 2.10. The first-order valence-corrected chi connectivity index (χ1v) is 3.19. The molecule has 0 aliphatic rings. The monoisotopic (exact) mass is 153 g/mol. The number of nitriles is 1. The number of carbonyl (C=O) groups excluding carboxylic acids is 1. The van der Waals surface area contributed by atoms with Gasteiger partial charge in [-0.05, 0) is 6.92 Å². The van der Waals surface area contributed by atoms with Gasteiger partial charge in [-0.2, -0.15) is 5.26 Å². The second-order valence-corrected chi connectivity index (χ2v) is 2.10. The fraction of sp³-hybridized carbons (Fsp3) is 0.429. The Balaban J connectivity index is 4.04. The molecule has 2 N–H and O–H groups in total. The quantitative estimate of drug-likeness (QED) is 0.441. The molecule has 1 unspecified atom stereocenters. The lowest BCUT2D eigenvalue weighted by Crippen LogP contribution is -2.29. The highest BCUT2D eigenvalue weighted by molar-refractivity contribution is 5.82. The molecule has 60 valence electrons. The lowest BCUT2D eigenvalue weighted by molar-refractivity contribution is -0.122. The Kier molecular flexibility index (Phi) is 3.75. The molecule has 11 heavy (non-hydrogen) atoms. The first kappa shape index (κ1) is 9.50. The smallest absolute Gasteiger partial charge is 0.241 e. The van der Waals surface area contributed by atoms with Crippen LogP contribution in [-0.2, 0) is 4.79 Å². The Morgan fingerprint density at radius 1 is 1.73 bits per heavy atom. The van der Waals surface area contributed by atoms with E-state index in [2.05, 4.69) is 11.9 Å². The molecular weight excluding hydrogens is 142 g/mol. The van der Waals surface area contributed by atoms with E-state index in [1.807, 2.05) is 5.32 Å². The Morgan fingerprint density at radius 3 is 2.64 bits per heavy atom. The van der Waals surface area contributed by atoms with Crippen molar-refractivity contribution in [3.8, 4) is 6.19 Å². The number of hydrogen-bond acceptors (Lipinski definition) is 3. The normalized spacial score (nSPS) is 11.0. The maximum absolute atomic E-state index is 10.9. The molecule has 0 aromatic heterocycles. The van der Waals surface area contributed by atoms with Gasteiger partial charge in [-0.3, -0.25) is 10.1 Å². The van der Waals surface area contributed by atoms with Crippen LogP contribution in [0, 0.1) is 17.4 Å². The van der Waals surface area contributed by atoms with Crippen LogP contribution >= 0.6 is 0 Å². The minimum Gasteiger partial charge on any atom is -0.391 e. The Bertz CT molecular complexity index is 204. The Hall–Kier alpha value is -1.50. The molecule has 0 heterocycles. The third kappa shape index (κ3) is 2.72. The summed E-state index contributed by atoms with van der Waals surface area (Å²) in [7, 11) is 1.68. The van der Waals surface area contributed by atoms with E-state index in [0.717, 1.165) is 0 Å². The molecule has 0 saturated heterocycles. The average molecular weight is 153 g/mol. The summed E-state index contributed by atoms with van der Waals surface area (Å²) in [6, 6.07) is 0. The lowest BCUT2D eigenvalue weighted by atomic mass is 10.1. The lowest BCUT2D eigenvalue weighted by Gasteiger charge is -2.10. The van der Waals surface area contributed by atoms with Crippen molar-refractivity contribution in [2.24, 2.45) is 5.92 Å². The highest BCUT2D eigenvalue weighted by Gasteiger charge is 2.13. The van der Waals surface area contributed by atoms with Gasteiger partial charge in [-0.25, -0.2) is 0 Å². The van der Waals surface area contributed by atoms with Crippen LogP contribution in [0.25, 0.3) is 0 Å². The van der Waals surface area contributed by atoms with Crippen molar-refractivity contribution in [2.45, 2.75) is 6.92 Å². The summed E-state index contributed by atoms with van der Waals surface area (Å²) >= 11 is 0. The minimum absolute atomic E-state index is 0.341. The van der Waals surface area contributed by atoms with E-state index in [9.17, 15) is 4.79 Å². The highest BCUT2D eigenvalue weighted by atomic mass is 16.1. The predicted molar refractivity (Wildman–Crippen MR) is 41.1 cm³/mol. The van der Waals surface area contributed by atoms with Gasteiger partial charge in [0.1, 0.15) is 0 Å². The molecular formula is C7H11N3O. The third-order valence-electron chi connectivity index (χ3n) is 1.42. The number of nitrogens with one attached hydrogen (secondary N) is 2. The van der Waals surface area contributed by atoms with Crippen molar-refractivity contribution in [3.63, 3.8) is 0 Å². The van der Waals surface area contributed by atoms with Crippen molar-refractivity contribution in [3.05, 3.63) is 12.3 Å². The minimum atomic E-state index is -0.375. The molecule has 4 heteroatoms. The van der Waals surface area contributed by atoms with Crippen molar-refractivity contribution < 1.29 is 4.79 Å². The average Bonchev–Trinajstić information content (AvgIpc) is 2.02. The van der Waals surface area contributed by atoms with Gasteiger partial charge in [-0.1, -0.05) is 6.58 Å². The number of hydrogen-bond donors (Lipinski definition) is 2. The highest BCUT2D eigenvalue weighted by Crippen LogP contribution is 2.02. The van der Waals surface area contributed by atoms with E-state index in [1.54, 1.807) is 20.2 Å². The van der Waals surface area contributed by atoms with Gasteiger partial charge in [0.05, 0.1) is 5.92 Å². The van der Waals surface area contributed by atoms with Crippen molar-refractivity contribution in [2.75, 3.05) is 7.05 Å². The Morgan fingerprint density at radius 2 is 2.27 bits per heavy atom. The maximum atomic E-state index is 10.9. The van der Waals surface area contributed by atoms with Crippen LogP contribution in [0.1, 0.15) is 6.92 Å². The zero-order valence-corrected chi connectivity index (χ0v) is 6.64. The van der Waals surface area contributed by atoms with Crippen LogP contribution in [-0.4, -0.2) is 13.0 Å². The second kappa shape index (κ2) is 4.34. The number of amides is 1. The molecule has 1 atom stereocenters. The summed E-state index contributed by atoms with van der Waals surface area (Å²) in [6.45, 7) is 5.27. The zero-order chi connectivity index (χ0) is 8.85. The molecule has 0 fully saturated rings. The fourth-order valence-corrected chi connectivity index (χ4v) is 0.538. The van der Waals surface area contributed by atoms with Crippen LogP contribution in [0.5, 0.6) is 0 Å². The number of rotatable bonds is 3. The molecule has 0 rings (SSSR count). The maximum Gasteiger partial charge on any atom is 0.241 e. The topological polar surface area (TPSA) is 64.9 Å². The summed E-state index contributed by atoms with van der Waals surface area (Å²) in [5.41, 5.74) is 0.595. The SMILES string of the molecule is C=C(NC)C(C)C(=O)NC#N. The van der Waals surface area contributed by atoms with E-state index in [4.69, 9.17) is 5.26 Å². The van der Waals surface area contributed by atoms with Gasteiger partial charge in [0, 0.05) is 12.7 Å². The molecule has 0 aromatic carbocycles. The zero-order valence-electron chi connectivity index (χ0n) is 6.64. The van der Waals surface area contributed by atoms with Gasteiger partial charge >= 0.3 is 0 Å². The standard InChI is InChI=1S/C7H11N3O/c1-5(6(2)9-3)7(11)10-4-8/h5,9H,2H2,1,3H3,(H,10,11). The van der Waals surface area contributed by atoms with Crippen molar-refractivity contribution >= 4 is 5.91 Å². The predicted octanol–water partition coefficient (Wildman–Crippen LogP) is -0.0471. The van der Waals surface area contributed by atoms with E-state index in [0.29, 0.717) is 5.70 Å². The van der Waals surface area contributed by atoms with Gasteiger partial charge < -0.3 is 5.32 Å². The first-order chi connectivity index (χ1) is 5.13. The summed E-state index contributed by atoms with van der Waals surface area (Å²) in [5.74, 6) is -0.716. The molecule has 0 aliphatic carbocycles. The molecule has 0 aliphatic heterocycles. The molecule has 4 nitrogen and oxygen atoms in total. The third-order valence-corrected chi connectivity index (χ3v) is 1.42. The van der Waals surface area contributed by atoms with Gasteiger partial charge in [0.25, 0.3) is 0 Å². The molecule has 0 aromatic rings. The van der Waals surface area contributed by atoms with Crippen LogP contribution in [0.15, 0.2) is 12.3 Å². The Labute approximate surface area is 65.9 Å². The van der Waals surface area contributed by atoms with Crippen molar-refractivity contribution in [1.82, 2.24) is 10.6 Å². The van der Waals surface area contributed by atoms with Crippen LogP contribution in [0.3, 0.4) is 0 Å². The number of carbonyl (C=O) groups is 1. The van der Waals surface area contributed by atoms with E-state index >= 15 is 0 Å². The molecule has 0 radical (unpaired) electrons. The van der Waals surface area contributed by atoms with Gasteiger partial charge in [0.15, 0.2) is 6.19 Å². The number of nitrogens with zero attached hydrogens (tertiary/aromatic N) is 1. The first-order valence-electron chi connectivity index (χ1n) is 3.19.